The Balaban J connectivity index is 1.42. The van der Waals surface area contributed by atoms with Crippen LogP contribution < -0.4 is 19.7 Å². The third kappa shape index (κ3) is 4.65. The molecule has 0 bridgehead atoms. The molecule has 1 N–H and O–H groups in total. The van der Waals surface area contributed by atoms with E-state index >= 15 is 0 Å². The van der Waals surface area contributed by atoms with Gasteiger partial charge in [-0.1, -0.05) is 36.4 Å². The van der Waals surface area contributed by atoms with Crippen LogP contribution in [0.15, 0.2) is 66.9 Å². The Hall–Kier alpha value is -3.54. The van der Waals surface area contributed by atoms with Gasteiger partial charge in [0.2, 0.25) is 0 Å². The molecule has 1 aliphatic carbocycles. The lowest BCUT2D eigenvalue weighted by atomic mass is 10.0. The summed E-state index contributed by atoms with van der Waals surface area (Å²) in [6, 6.07) is 19.9. The fourth-order valence-corrected chi connectivity index (χ4v) is 4.74. The number of methoxy groups -OCH3 is 1. The molecule has 1 saturated carbocycles. The molecule has 2 amide bonds. The van der Waals surface area contributed by atoms with Crippen LogP contribution in [0, 0.1) is 0 Å². The normalized spacial score (nSPS) is 18.4. The smallest absolute Gasteiger partial charge is 0.323 e. The van der Waals surface area contributed by atoms with Crippen LogP contribution in [-0.2, 0) is 6.42 Å². The zero-order valence-corrected chi connectivity index (χ0v) is 18.9. The molecule has 0 radical (unpaired) electrons. The van der Waals surface area contributed by atoms with Crippen LogP contribution in [0.2, 0.25) is 0 Å². The van der Waals surface area contributed by atoms with Crippen LogP contribution in [0.1, 0.15) is 48.4 Å². The minimum atomic E-state index is -0.172. The van der Waals surface area contributed by atoms with Gasteiger partial charge in [-0.15, -0.1) is 0 Å². The third-order valence-electron chi connectivity index (χ3n) is 6.45. The molecule has 170 valence electrons. The second-order valence-electron chi connectivity index (χ2n) is 8.69. The predicted octanol–water partition coefficient (Wildman–Crippen LogP) is 5.27. The van der Waals surface area contributed by atoms with Crippen molar-refractivity contribution >= 4 is 11.8 Å². The summed E-state index contributed by atoms with van der Waals surface area (Å²) in [5, 5.41) is 2.98. The van der Waals surface area contributed by atoms with Gasteiger partial charge in [-0.2, -0.15) is 0 Å². The van der Waals surface area contributed by atoms with E-state index in [1.165, 1.54) is 18.4 Å². The van der Waals surface area contributed by atoms with Crippen molar-refractivity contribution in [2.45, 2.75) is 44.2 Å². The average Bonchev–Trinajstić information content (AvgIpc) is 3.49. The van der Waals surface area contributed by atoms with Crippen molar-refractivity contribution < 1.29 is 14.3 Å². The quantitative estimate of drug-likeness (QED) is 0.540. The highest BCUT2D eigenvalue weighted by molar-refractivity contribution is 5.94. The number of nitrogens with one attached hydrogen (secondary N) is 1. The number of benzene rings is 2. The minimum Gasteiger partial charge on any atom is -0.493 e. The molecule has 2 aromatic carbocycles. The van der Waals surface area contributed by atoms with Gasteiger partial charge in [0.25, 0.3) is 0 Å². The monoisotopic (exact) mass is 443 g/mol. The van der Waals surface area contributed by atoms with Crippen LogP contribution in [0.5, 0.6) is 11.5 Å². The number of carbonyl (C=O) groups excluding carboxylic acids is 1. The Morgan fingerprint density at radius 3 is 2.61 bits per heavy atom. The molecular weight excluding hydrogens is 414 g/mol. The summed E-state index contributed by atoms with van der Waals surface area (Å²) in [7, 11) is 1.66. The maximum absolute atomic E-state index is 12.8. The molecular formula is C27H29N3O3. The first-order valence-electron chi connectivity index (χ1n) is 11.6. The molecule has 6 nitrogen and oxygen atoms in total. The zero-order chi connectivity index (χ0) is 22.6. The Morgan fingerprint density at radius 2 is 1.82 bits per heavy atom. The maximum Gasteiger partial charge on any atom is 0.323 e. The Morgan fingerprint density at radius 1 is 1.00 bits per heavy atom. The van der Waals surface area contributed by atoms with Gasteiger partial charge < -0.3 is 14.8 Å². The summed E-state index contributed by atoms with van der Waals surface area (Å²) in [5.41, 5.74) is 3.34. The number of anilines is 1. The number of nitrogens with zero attached hydrogens (tertiary/aromatic N) is 2. The number of rotatable bonds is 7. The van der Waals surface area contributed by atoms with Crippen molar-refractivity contribution in [1.82, 2.24) is 10.3 Å². The molecule has 1 atom stereocenters. The van der Waals surface area contributed by atoms with Gasteiger partial charge in [-0.3, -0.25) is 4.90 Å². The van der Waals surface area contributed by atoms with Crippen molar-refractivity contribution in [3.8, 4) is 11.5 Å². The fourth-order valence-electron chi connectivity index (χ4n) is 4.74. The van der Waals surface area contributed by atoms with Crippen molar-refractivity contribution in [3.05, 3.63) is 83.6 Å². The standard InChI is InChI=1S/C27H29N3O3/c1-32-24-12-11-21(17-25(24)33-22-9-5-6-10-22)23-18-29-27(31)30(23)26-16-20(13-14-28-26)15-19-7-3-2-4-8-19/h2-4,7-8,11-14,16-17,22-23H,5-6,9-10,15,18H2,1H3,(H,29,31)/t23-/m1/s1. The van der Waals surface area contributed by atoms with Gasteiger partial charge in [0.05, 0.1) is 19.3 Å². The van der Waals surface area contributed by atoms with Crippen molar-refractivity contribution in [2.24, 2.45) is 0 Å². The van der Waals surface area contributed by atoms with Gasteiger partial charge in [0.1, 0.15) is 5.82 Å². The van der Waals surface area contributed by atoms with Crippen LogP contribution in [0.25, 0.3) is 0 Å². The fraction of sp³-hybridized carbons (Fsp3) is 0.333. The summed E-state index contributed by atoms with van der Waals surface area (Å²) >= 11 is 0. The highest BCUT2D eigenvalue weighted by Gasteiger charge is 2.35. The topological polar surface area (TPSA) is 63.7 Å². The summed E-state index contributed by atoms with van der Waals surface area (Å²) in [6.07, 6.45) is 7.34. The molecule has 3 aromatic rings. The largest absolute Gasteiger partial charge is 0.493 e. The predicted molar refractivity (Wildman–Crippen MR) is 128 cm³/mol. The van der Waals surface area contributed by atoms with E-state index in [1.807, 2.05) is 48.5 Å². The minimum absolute atomic E-state index is 0.140. The van der Waals surface area contributed by atoms with E-state index in [9.17, 15) is 4.79 Å². The first-order chi connectivity index (χ1) is 16.2. The molecule has 1 aromatic heterocycles. The summed E-state index contributed by atoms with van der Waals surface area (Å²) in [6.45, 7) is 0.513. The number of urea groups is 1. The molecule has 2 fully saturated rings. The molecule has 2 heterocycles. The Labute approximate surface area is 194 Å². The van der Waals surface area contributed by atoms with E-state index in [0.717, 1.165) is 41.9 Å². The molecule has 1 aliphatic heterocycles. The van der Waals surface area contributed by atoms with Crippen LogP contribution in [-0.4, -0.2) is 30.8 Å². The number of aromatic nitrogens is 1. The Kier molecular flexibility index (Phi) is 6.15. The number of pyridine rings is 1. The number of hydrogen-bond donors (Lipinski definition) is 1. The second-order valence-corrected chi connectivity index (χ2v) is 8.69. The Bertz CT molecular complexity index is 1110. The van der Waals surface area contributed by atoms with Crippen molar-refractivity contribution in [1.29, 1.82) is 0 Å². The number of carbonyl (C=O) groups is 1. The highest BCUT2D eigenvalue weighted by atomic mass is 16.5. The van der Waals surface area contributed by atoms with Crippen molar-refractivity contribution in [2.75, 3.05) is 18.6 Å². The molecule has 5 rings (SSSR count). The lowest BCUT2D eigenvalue weighted by molar-refractivity contribution is 0.200. The molecule has 33 heavy (non-hydrogen) atoms. The van der Waals surface area contributed by atoms with E-state index in [1.54, 1.807) is 18.2 Å². The van der Waals surface area contributed by atoms with Crippen molar-refractivity contribution in [3.63, 3.8) is 0 Å². The number of ether oxygens (including phenoxy) is 2. The number of hydrogen-bond acceptors (Lipinski definition) is 4. The maximum atomic E-state index is 12.8. The SMILES string of the molecule is COc1ccc([C@H]2CNC(=O)N2c2cc(Cc3ccccc3)ccn2)cc1OC1CCCC1. The summed E-state index contributed by atoms with van der Waals surface area (Å²) < 4.78 is 11.8. The molecule has 1 saturated heterocycles. The van der Waals surface area contributed by atoms with Gasteiger partial charge >= 0.3 is 6.03 Å². The summed E-state index contributed by atoms with van der Waals surface area (Å²) in [5.74, 6) is 2.11. The molecule has 2 aliphatic rings. The first-order valence-corrected chi connectivity index (χ1v) is 11.6. The van der Waals surface area contributed by atoms with E-state index < -0.39 is 0 Å². The summed E-state index contributed by atoms with van der Waals surface area (Å²) in [4.78, 5) is 19.1. The van der Waals surface area contributed by atoms with Gasteiger partial charge in [-0.05, 0) is 73.1 Å². The van der Waals surface area contributed by atoms with Crippen LogP contribution >= 0.6 is 0 Å². The van der Waals surface area contributed by atoms with Crippen LogP contribution in [0.4, 0.5) is 10.6 Å². The van der Waals surface area contributed by atoms with Crippen LogP contribution in [0.3, 0.4) is 0 Å². The first kappa shape index (κ1) is 21.3. The van der Waals surface area contributed by atoms with E-state index in [-0.39, 0.29) is 18.2 Å². The zero-order valence-electron chi connectivity index (χ0n) is 18.9. The molecule has 0 unspecified atom stereocenters. The molecule has 6 heteroatoms. The lowest BCUT2D eigenvalue weighted by Crippen LogP contribution is -2.30. The average molecular weight is 444 g/mol. The highest BCUT2D eigenvalue weighted by Crippen LogP contribution is 2.37. The van der Waals surface area contributed by atoms with E-state index in [4.69, 9.17) is 9.47 Å². The van der Waals surface area contributed by atoms with Gasteiger partial charge in [-0.25, -0.2) is 9.78 Å². The molecule has 0 spiro atoms. The van der Waals surface area contributed by atoms with E-state index in [2.05, 4.69) is 22.4 Å². The second kappa shape index (κ2) is 9.53. The lowest BCUT2D eigenvalue weighted by Gasteiger charge is -2.24. The third-order valence-corrected chi connectivity index (χ3v) is 6.45. The van der Waals surface area contributed by atoms with Gasteiger partial charge in [0, 0.05) is 12.7 Å². The number of amides is 2. The van der Waals surface area contributed by atoms with Gasteiger partial charge in [0.15, 0.2) is 11.5 Å². The van der Waals surface area contributed by atoms with E-state index in [0.29, 0.717) is 12.4 Å².